The molecule has 0 aromatic rings. The van der Waals surface area contributed by atoms with E-state index in [-0.39, 0.29) is 13.1 Å². The molecule has 0 aromatic carbocycles. The van der Waals surface area contributed by atoms with Crippen LogP contribution >= 0.6 is 0 Å². The average Bonchev–Trinajstić information content (AvgIpc) is 2.11. The van der Waals surface area contributed by atoms with Crippen LogP contribution in [0.2, 0.25) is 0 Å². The maximum atomic E-state index is 12.9. The third-order valence-electron chi connectivity index (χ3n) is 2.48. The van der Waals surface area contributed by atoms with E-state index < -0.39 is 29.7 Å². The van der Waals surface area contributed by atoms with Crippen LogP contribution in [0, 0.1) is 0 Å². The van der Waals surface area contributed by atoms with E-state index in [0.717, 1.165) is 0 Å². The van der Waals surface area contributed by atoms with E-state index in [4.69, 9.17) is 4.74 Å². The molecule has 0 bridgehead atoms. The monoisotopic (exact) mass is 275 g/mol. The number of carbonyl (C=O) groups excluding carboxylic acids is 1. The predicted octanol–water partition coefficient (Wildman–Crippen LogP) is 2.21. The summed E-state index contributed by atoms with van der Waals surface area (Å²) in [6, 6.07) is 0. The van der Waals surface area contributed by atoms with Gasteiger partial charge in [0, 0.05) is 13.1 Å². The van der Waals surface area contributed by atoms with Crippen LogP contribution < -0.4 is 0 Å². The first kappa shape index (κ1) is 15.1. The average molecular weight is 275 g/mol. The van der Waals surface area contributed by atoms with Gasteiger partial charge in [0.15, 0.2) is 0 Å². The standard InChI is InChI=1S/C10H14F5NO2/c1-6-4-16(5-8(2,3)18-6)7(17)9(11,12)10(13,14)15/h6H,4-5H2,1-3H3. The molecule has 1 saturated heterocycles. The molecule has 106 valence electrons. The number of halogens is 5. The minimum atomic E-state index is -5.88. The highest BCUT2D eigenvalue weighted by atomic mass is 19.4. The molecule has 18 heavy (non-hydrogen) atoms. The van der Waals surface area contributed by atoms with Gasteiger partial charge in [-0.25, -0.2) is 0 Å². The zero-order chi connectivity index (χ0) is 14.4. The van der Waals surface area contributed by atoms with E-state index in [1.54, 1.807) is 0 Å². The van der Waals surface area contributed by atoms with E-state index in [1.807, 2.05) is 0 Å². The third-order valence-corrected chi connectivity index (χ3v) is 2.48. The summed E-state index contributed by atoms with van der Waals surface area (Å²) in [6.07, 6.45) is -6.47. The zero-order valence-electron chi connectivity index (χ0n) is 10.1. The van der Waals surface area contributed by atoms with E-state index in [0.29, 0.717) is 4.90 Å². The molecule has 8 heteroatoms. The molecule has 1 unspecified atom stereocenters. The number of hydrogen-bond acceptors (Lipinski definition) is 2. The molecule has 0 N–H and O–H groups in total. The largest absolute Gasteiger partial charge is 0.463 e. The summed E-state index contributed by atoms with van der Waals surface area (Å²) in [5, 5.41) is 0. The normalized spacial score (nSPS) is 25.1. The van der Waals surface area contributed by atoms with Crippen LogP contribution in [0.3, 0.4) is 0 Å². The molecule has 3 nitrogen and oxygen atoms in total. The Morgan fingerprint density at radius 1 is 1.28 bits per heavy atom. The first-order chi connectivity index (χ1) is 7.87. The van der Waals surface area contributed by atoms with Gasteiger partial charge in [-0.15, -0.1) is 0 Å². The van der Waals surface area contributed by atoms with Crippen LogP contribution in [-0.4, -0.2) is 47.7 Å². The fourth-order valence-electron chi connectivity index (χ4n) is 1.93. The molecule has 1 aliphatic rings. The fourth-order valence-corrected chi connectivity index (χ4v) is 1.93. The lowest BCUT2D eigenvalue weighted by molar-refractivity contribution is -0.277. The van der Waals surface area contributed by atoms with Crippen molar-refractivity contribution < 1.29 is 31.5 Å². The van der Waals surface area contributed by atoms with Crippen molar-refractivity contribution in [1.29, 1.82) is 0 Å². The summed E-state index contributed by atoms with van der Waals surface area (Å²) in [5.41, 5.74) is -0.949. The van der Waals surface area contributed by atoms with Crippen molar-refractivity contribution in [3.63, 3.8) is 0 Å². The number of hydrogen-bond donors (Lipinski definition) is 0. The number of alkyl halides is 5. The molecule has 0 spiro atoms. The van der Waals surface area contributed by atoms with Crippen LogP contribution in [0.1, 0.15) is 20.8 Å². The third kappa shape index (κ3) is 2.90. The van der Waals surface area contributed by atoms with Crippen molar-refractivity contribution in [1.82, 2.24) is 4.90 Å². The maximum absolute atomic E-state index is 12.9. The first-order valence-electron chi connectivity index (χ1n) is 5.28. The van der Waals surface area contributed by atoms with Crippen molar-refractivity contribution >= 4 is 5.91 Å². The van der Waals surface area contributed by atoms with Crippen LogP contribution in [0.4, 0.5) is 22.0 Å². The molecule has 0 saturated carbocycles. The first-order valence-corrected chi connectivity index (χ1v) is 5.28. The Morgan fingerprint density at radius 3 is 2.17 bits per heavy atom. The Morgan fingerprint density at radius 2 is 1.78 bits per heavy atom. The summed E-state index contributed by atoms with van der Waals surface area (Å²) in [6.45, 7) is 3.96. The highest BCUT2D eigenvalue weighted by Gasteiger charge is 2.65. The van der Waals surface area contributed by atoms with Gasteiger partial charge in [-0.2, -0.15) is 22.0 Å². The molecule has 1 heterocycles. The van der Waals surface area contributed by atoms with Crippen molar-refractivity contribution in [2.75, 3.05) is 13.1 Å². The number of ether oxygens (including phenoxy) is 1. The second-order valence-electron chi connectivity index (χ2n) is 4.95. The van der Waals surface area contributed by atoms with Crippen molar-refractivity contribution in [3.05, 3.63) is 0 Å². The quantitative estimate of drug-likeness (QED) is 0.687. The number of rotatable bonds is 1. The van der Waals surface area contributed by atoms with E-state index in [9.17, 15) is 26.7 Å². The minimum Gasteiger partial charge on any atom is -0.369 e. The Hall–Kier alpha value is -0.920. The summed E-state index contributed by atoms with van der Waals surface area (Å²) in [5.74, 6) is -7.58. The maximum Gasteiger partial charge on any atom is 0.463 e. The molecular formula is C10H14F5NO2. The van der Waals surface area contributed by atoms with Gasteiger partial charge in [-0.05, 0) is 20.8 Å². The summed E-state index contributed by atoms with van der Waals surface area (Å²) in [7, 11) is 0. The van der Waals surface area contributed by atoms with Gasteiger partial charge < -0.3 is 9.64 Å². The molecule has 0 aliphatic carbocycles. The number of nitrogens with zero attached hydrogens (tertiary/aromatic N) is 1. The lowest BCUT2D eigenvalue weighted by Gasteiger charge is -2.42. The number of carbonyl (C=O) groups is 1. The van der Waals surface area contributed by atoms with Crippen molar-refractivity contribution in [2.24, 2.45) is 0 Å². The Balaban J connectivity index is 2.91. The second kappa shape index (κ2) is 4.32. The van der Waals surface area contributed by atoms with Gasteiger partial charge in [0.2, 0.25) is 0 Å². The van der Waals surface area contributed by atoms with Gasteiger partial charge in [0.25, 0.3) is 0 Å². The minimum absolute atomic E-state index is 0.284. The molecule has 0 aromatic heterocycles. The van der Waals surface area contributed by atoms with Crippen molar-refractivity contribution in [2.45, 2.75) is 44.6 Å². The van der Waals surface area contributed by atoms with Crippen LogP contribution in [0.25, 0.3) is 0 Å². The van der Waals surface area contributed by atoms with Gasteiger partial charge in [0.1, 0.15) is 0 Å². The molecular weight excluding hydrogens is 261 g/mol. The van der Waals surface area contributed by atoms with Gasteiger partial charge in [-0.3, -0.25) is 4.79 Å². The van der Waals surface area contributed by atoms with Gasteiger partial charge in [-0.1, -0.05) is 0 Å². The lowest BCUT2D eigenvalue weighted by atomic mass is 10.0. The highest BCUT2D eigenvalue weighted by molar-refractivity contribution is 5.84. The topological polar surface area (TPSA) is 29.5 Å². The molecule has 1 atom stereocenters. The smallest absolute Gasteiger partial charge is 0.369 e. The molecule has 0 radical (unpaired) electrons. The second-order valence-corrected chi connectivity index (χ2v) is 4.95. The van der Waals surface area contributed by atoms with Crippen molar-refractivity contribution in [3.8, 4) is 0 Å². The molecule has 1 fully saturated rings. The lowest BCUT2D eigenvalue weighted by Crippen LogP contribution is -2.60. The Labute approximate surface area is 101 Å². The van der Waals surface area contributed by atoms with E-state index >= 15 is 0 Å². The zero-order valence-corrected chi connectivity index (χ0v) is 10.1. The molecule has 1 amide bonds. The van der Waals surface area contributed by atoms with Gasteiger partial charge in [0.05, 0.1) is 11.7 Å². The van der Waals surface area contributed by atoms with E-state index in [2.05, 4.69) is 0 Å². The highest BCUT2D eigenvalue weighted by Crippen LogP contribution is 2.38. The van der Waals surface area contributed by atoms with E-state index in [1.165, 1.54) is 20.8 Å². The van der Waals surface area contributed by atoms with Gasteiger partial charge >= 0.3 is 18.0 Å². The Bertz CT molecular complexity index is 340. The summed E-state index contributed by atoms with van der Waals surface area (Å²) in [4.78, 5) is 11.8. The summed E-state index contributed by atoms with van der Waals surface area (Å²) < 4.78 is 67.5. The van der Waals surface area contributed by atoms with Crippen LogP contribution in [0.5, 0.6) is 0 Å². The number of amides is 1. The van der Waals surface area contributed by atoms with Crippen LogP contribution in [0.15, 0.2) is 0 Å². The summed E-state index contributed by atoms with van der Waals surface area (Å²) >= 11 is 0. The number of morpholine rings is 1. The molecule has 1 rings (SSSR count). The molecule has 1 aliphatic heterocycles. The van der Waals surface area contributed by atoms with Crippen LogP contribution in [-0.2, 0) is 9.53 Å². The SMILES string of the molecule is CC1CN(C(=O)C(F)(F)C(F)(F)F)CC(C)(C)O1. The predicted molar refractivity (Wildman–Crippen MR) is 52.2 cm³/mol. The Kier molecular flexibility index (Phi) is 3.64. The fraction of sp³-hybridized carbons (Fsp3) is 0.900.